The third-order valence-electron chi connectivity index (χ3n) is 3.97. The quantitative estimate of drug-likeness (QED) is 0.740. The summed E-state index contributed by atoms with van der Waals surface area (Å²) in [5.74, 6) is -0.121. The van der Waals surface area contributed by atoms with Gasteiger partial charge in [0, 0.05) is 31.2 Å². The summed E-state index contributed by atoms with van der Waals surface area (Å²) in [4.78, 5) is 20.2. The van der Waals surface area contributed by atoms with Crippen LogP contribution in [-0.4, -0.2) is 36.3 Å². The molecule has 0 saturated heterocycles. The zero-order chi connectivity index (χ0) is 19.6. The van der Waals surface area contributed by atoms with Crippen LogP contribution in [0.5, 0.6) is 0 Å². The van der Waals surface area contributed by atoms with E-state index in [9.17, 15) is 18.0 Å². The maximum absolute atomic E-state index is 12.6. The molecule has 1 unspecified atom stereocenters. The van der Waals surface area contributed by atoms with Crippen molar-refractivity contribution >= 4 is 5.91 Å². The van der Waals surface area contributed by atoms with Crippen molar-refractivity contribution in [2.45, 2.75) is 32.6 Å². The lowest BCUT2D eigenvalue weighted by molar-refractivity contribution is -0.137. The van der Waals surface area contributed by atoms with Crippen LogP contribution < -0.4 is 5.32 Å². The lowest BCUT2D eigenvalue weighted by atomic mass is 10.2. The second-order valence-corrected chi connectivity index (χ2v) is 6.09. The topological polar surface area (TPSA) is 77.6 Å². The Labute approximate surface area is 152 Å². The molecule has 0 aliphatic rings. The highest BCUT2D eigenvalue weighted by Gasteiger charge is 2.30. The lowest BCUT2D eigenvalue weighted by Gasteiger charge is -2.14. The van der Waals surface area contributed by atoms with Crippen molar-refractivity contribution in [1.82, 2.24) is 29.6 Å². The molecule has 1 N–H and O–H groups in total. The van der Waals surface area contributed by atoms with Crippen molar-refractivity contribution in [3.63, 3.8) is 0 Å². The highest BCUT2D eigenvalue weighted by atomic mass is 19.4. The van der Waals surface area contributed by atoms with Crippen LogP contribution in [0.1, 0.15) is 28.5 Å². The molecule has 3 aromatic rings. The van der Waals surface area contributed by atoms with E-state index in [4.69, 9.17) is 0 Å². The molecule has 0 aliphatic carbocycles. The van der Waals surface area contributed by atoms with E-state index in [1.165, 1.54) is 16.9 Å². The first kappa shape index (κ1) is 18.6. The average Bonchev–Trinajstić information content (AvgIpc) is 3.23. The van der Waals surface area contributed by atoms with Crippen molar-refractivity contribution in [2.24, 2.45) is 0 Å². The highest BCUT2D eigenvalue weighted by molar-refractivity contribution is 5.95. The van der Waals surface area contributed by atoms with Crippen LogP contribution in [0.4, 0.5) is 13.2 Å². The monoisotopic (exact) mass is 378 g/mol. The first-order chi connectivity index (χ1) is 12.8. The van der Waals surface area contributed by atoms with Crippen molar-refractivity contribution in [2.75, 3.05) is 0 Å². The van der Waals surface area contributed by atoms with E-state index in [-0.39, 0.29) is 17.8 Å². The molecule has 3 heterocycles. The Bertz CT molecular complexity index is 915. The van der Waals surface area contributed by atoms with Crippen molar-refractivity contribution in [1.29, 1.82) is 0 Å². The molecule has 10 heteroatoms. The summed E-state index contributed by atoms with van der Waals surface area (Å²) in [5.41, 5.74) is -0.0360. The molecule has 7 nitrogen and oxygen atoms in total. The molecular formula is C17H17F3N6O. The Balaban J connectivity index is 1.73. The summed E-state index contributed by atoms with van der Waals surface area (Å²) in [5, 5.41) is 6.94. The number of carbonyl (C=O) groups excluding carboxylic acids is 1. The molecule has 0 radical (unpaired) electrons. The van der Waals surface area contributed by atoms with Crippen LogP contribution in [0.3, 0.4) is 0 Å². The maximum atomic E-state index is 12.6. The van der Waals surface area contributed by atoms with Gasteiger partial charge in [0.05, 0.1) is 29.3 Å². The predicted octanol–water partition coefficient (Wildman–Crippen LogP) is 2.61. The van der Waals surface area contributed by atoms with E-state index in [0.717, 1.165) is 12.3 Å². The molecule has 1 atom stereocenters. The van der Waals surface area contributed by atoms with Crippen LogP contribution in [0.2, 0.25) is 0 Å². The molecule has 3 rings (SSSR count). The number of aromatic nitrogens is 5. The van der Waals surface area contributed by atoms with Gasteiger partial charge in [0.1, 0.15) is 0 Å². The molecule has 0 fully saturated rings. The van der Waals surface area contributed by atoms with Crippen LogP contribution >= 0.6 is 0 Å². The van der Waals surface area contributed by atoms with Crippen molar-refractivity contribution in [3.8, 4) is 5.82 Å². The lowest BCUT2D eigenvalue weighted by Crippen LogP contribution is -2.35. The van der Waals surface area contributed by atoms with E-state index in [1.54, 1.807) is 25.6 Å². The van der Waals surface area contributed by atoms with Crippen LogP contribution in [0.15, 0.2) is 43.2 Å². The summed E-state index contributed by atoms with van der Waals surface area (Å²) in [6, 6.07) is 1.99. The zero-order valence-corrected chi connectivity index (χ0v) is 14.6. The van der Waals surface area contributed by atoms with Crippen LogP contribution in [-0.2, 0) is 12.7 Å². The van der Waals surface area contributed by atoms with E-state index in [0.29, 0.717) is 17.8 Å². The van der Waals surface area contributed by atoms with Gasteiger partial charge in [-0.15, -0.1) is 0 Å². The number of pyridine rings is 1. The Hall–Kier alpha value is -3.17. The smallest absolute Gasteiger partial charge is 0.348 e. The molecular weight excluding hydrogens is 361 g/mol. The van der Waals surface area contributed by atoms with Gasteiger partial charge in [0.15, 0.2) is 5.82 Å². The molecule has 1 amide bonds. The standard InChI is InChI=1S/C17H17F3N6O/c1-11(9-25-6-5-21-10-25)24-16(27)14-8-23-26(12(14)2)15-4-3-13(7-22-15)17(18,19)20/h3-8,10-11H,9H2,1-2H3,(H,24,27). The minimum atomic E-state index is -4.46. The molecule has 3 aromatic heterocycles. The molecule has 0 spiro atoms. The number of hydrogen-bond acceptors (Lipinski definition) is 4. The molecule has 0 aromatic carbocycles. The first-order valence-electron chi connectivity index (χ1n) is 8.10. The number of amides is 1. The molecule has 0 bridgehead atoms. The second-order valence-electron chi connectivity index (χ2n) is 6.09. The molecule has 142 valence electrons. The number of imidazole rings is 1. The normalized spacial score (nSPS) is 12.8. The molecule has 0 aliphatic heterocycles. The zero-order valence-electron chi connectivity index (χ0n) is 14.6. The van der Waals surface area contributed by atoms with Gasteiger partial charge in [0.25, 0.3) is 5.91 Å². The predicted molar refractivity (Wildman–Crippen MR) is 90.3 cm³/mol. The van der Waals surface area contributed by atoms with E-state index in [2.05, 4.69) is 20.4 Å². The number of nitrogens with one attached hydrogen (secondary N) is 1. The highest BCUT2D eigenvalue weighted by Crippen LogP contribution is 2.28. The van der Waals surface area contributed by atoms with Crippen LogP contribution in [0.25, 0.3) is 5.82 Å². The van der Waals surface area contributed by atoms with Gasteiger partial charge >= 0.3 is 6.18 Å². The minimum Gasteiger partial charge on any atom is -0.348 e. The van der Waals surface area contributed by atoms with E-state index < -0.39 is 11.7 Å². The third kappa shape index (κ3) is 4.15. The van der Waals surface area contributed by atoms with Crippen LogP contribution in [0, 0.1) is 6.92 Å². The summed E-state index contributed by atoms with van der Waals surface area (Å²) in [7, 11) is 0. The fraction of sp³-hybridized carbons (Fsp3) is 0.294. The summed E-state index contributed by atoms with van der Waals surface area (Å²) >= 11 is 0. The maximum Gasteiger partial charge on any atom is 0.417 e. The Morgan fingerprint density at radius 1 is 1.30 bits per heavy atom. The third-order valence-corrected chi connectivity index (χ3v) is 3.97. The van der Waals surface area contributed by atoms with Gasteiger partial charge in [-0.2, -0.15) is 18.3 Å². The van der Waals surface area contributed by atoms with Gasteiger partial charge in [-0.25, -0.2) is 14.6 Å². The van der Waals surface area contributed by atoms with Gasteiger partial charge in [-0.1, -0.05) is 0 Å². The van der Waals surface area contributed by atoms with E-state index in [1.807, 2.05) is 11.5 Å². The Morgan fingerprint density at radius 3 is 2.67 bits per heavy atom. The average molecular weight is 378 g/mol. The van der Waals surface area contributed by atoms with Gasteiger partial charge in [-0.05, 0) is 26.0 Å². The summed E-state index contributed by atoms with van der Waals surface area (Å²) in [6.45, 7) is 4.07. The SMILES string of the molecule is Cc1c(C(=O)NC(C)Cn2ccnc2)cnn1-c1ccc(C(F)(F)F)cn1. The molecule has 27 heavy (non-hydrogen) atoms. The second kappa shape index (κ2) is 7.22. The van der Waals surface area contributed by atoms with Gasteiger partial charge < -0.3 is 9.88 Å². The fourth-order valence-electron chi connectivity index (χ4n) is 2.60. The van der Waals surface area contributed by atoms with Crippen molar-refractivity contribution < 1.29 is 18.0 Å². The van der Waals surface area contributed by atoms with E-state index >= 15 is 0 Å². The van der Waals surface area contributed by atoms with Crippen molar-refractivity contribution in [3.05, 3.63) is 60.1 Å². The Kier molecular flexibility index (Phi) is 4.98. The first-order valence-corrected chi connectivity index (χ1v) is 8.10. The molecule has 0 saturated carbocycles. The number of nitrogens with zero attached hydrogens (tertiary/aromatic N) is 5. The summed E-state index contributed by atoms with van der Waals surface area (Å²) < 4.78 is 41.1. The number of rotatable bonds is 5. The van der Waals surface area contributed by atoms with Gasteiger partial charge in [0.2, 0.25) is 0 Å². The largest absolute Gasteiger partial charge is 0.417 e. The van der Waals surface area contributed by atoms with Gasteiger partial charge in [-0.3, -0.25) is 4.79 Å². The number of carbonyl (C=O) groups is 1. The number of hydrogen-bond donors (Lipinski definition) is 1. The fourth-order valence-corrected chi connectivity index (χ4v) is 2.60. The Morgan fingerprint density at radius 2 is 2.07 bits per heavy atom. The summed E-state index contributed by atoms with van der Waals surface area (Å²) in [6.07, 6.45) is 2.75. The number of halogens is 3. The minimum absolute atomic E-state index is 0.154. The number of alkyl halides is 3.